The Kier molecular flexibility index (Phi) is 4.13. The molecular formula is C9H8N2O7. The normalized spacial score (nSPS) is 9.78. The summed E-state index contributed by atoms with van der Waals surface area (Å²) in [5, 5.41) is 29.5. The predicted molar refractivity (Wildman–Crippen MR) is 57.5 cm³/mol. The number of carboxylic acid groups (broad SMARTS) is 1. The molecule has 0 aliphatic heterocycles. The molecule has 0 spiro atoms. The van der Waals surface area contributed by atoms with Crippen molar-refractivity contribution in [2.24, 2.45) is 0 Å². The molecule has 9 nitrogen and oxygen atoms in total. The van der Waals surface area contributed by atoms with Gasteiger partial charge in [-0.05, 0) is 0 Å². The van der Waals surface area contributed by atoms with Gasteiger partial charge in [0.15, 0.2) is 0 Å². The molecule has 18 heavy (non-hydrogen) atoms. The summed E-state index contributed by atoms with van der Waals surface area (Å²) in [5.41, 5.74) is -0.982. The highest BCUT2D eigenvalue weighted by atomic mass is 16.6. The Morgan fingerprint density at radius 1 is 1.17 bits per heavy atom. The van der Waals surface area contributed by atoms with Gasteiger partial charge < -0.3 is 9.84 Å². The van der Waals surface area contributed by atoms with Crippen LogP contribution in [0.5, 0.6) is 5.75 Å². The van der Waals surface area contributed by atoms with Crippen molar-refractivity contribution in [1.82, 2.24) is 0 Å². The number of non-ortho nitro benzene ring substituents is 2. The number of nitro groups is 2. The molecule has 0 radical (unpaired) electrons. The van der Waals surface area contributed by atoms with Gasteiger partial charge in [0.1, 0.15) is 5.75 Å². The van der Waals surface area contributed by atoms with E-state index in [2.05, 4.69) is 0 Å². The molecule has 1 rings (SSSR count). The lowest BCUT2D eigenvalue weighted by Crippen LogP contribution is -2.05. The van der Waals surface area contributed by atoms with Crippen molar-refractivity contribution in [3.63, 3.8) is 0 Å². The molecule has 0 unspecified atom stereocenters. The fourth-order valence-electron chi connectivity index (χ4n) is 1.12. The Bertz CT molecular complexity index is 467. The van der Waals surface area contributed by atoms with Crippen LogP contribution < -0.4 is 4.74 Å². The lowest BCUT2D eigenvalue weighted by Gasteiger charge is -2.04. The van der Waals surface area contributed by atoms with Gasteiger partial charge in [0, 0.05) is 0 Å². The smallest absolute Gasteiger partial charge is 0.306 e. The van der Waals surface area contributed by atoms with Crippen LogP contribution in [0.25, 0.3) is 0 Å². The summed E-state index contributed by atoms with van der Waals surface area (Å²) in [7, 11) is 0. The monoisotopic (exact) mass is 256 g/mol. The van der Waals surface area contributed by atoms with Crippen molar-refractivity contribution in [2.45, 2.75) is 6.42 Å². The molecule has 0 aromatic heterocycles. The van der Waals surface area contributed by atoms with Crippen molar-refractivity contribution in [1.29, 1.82) is 0 Å². The number of nitro benzene ring substituents is 2. The number of benzene rings is 1. The number of nitrogens with zero attached hydrogens (tertiary/aromatic N) is 2. The standard InChI is InChI=1S/C9H8N2O7/c12-9(13)1-2-18-8-4-6(10(14)15)3-7(5-8)11(16)17/h3-5H,1-2H2,(H,12,13). The van der Waals surface area contributed by atoms with Gasteiger partial charge in [-0.2, -0.15) is 0 Å². The Morgan fingerprint density at radius 2 is 1.67 bits per heavy atom. The van der Waals surface area contributed by atoms with E-state index < -0.39 is 27.2 Å². The minimum absolute atomic E-state index is 0.114. The first-order chi connectivity index (χ1) is 8.40. The van der Waals surface area contributed by atoms with Gasteiger partial charge in [0.25, 0.3) is 11.4 Å². The molecule has 0 saturated heterocycles. The van der Waals surface area contributed by atoms with E-state index in [1.807, 2.05) is 0 Å². The minimum Gasteiger partial charge on any atom is -0.492 e. The molecule has 96 valence electrons. The van der Waals surface area contributed by atoms with E-state index >= 15 is 0 Å². The van der Waals surface area contributed by atoms with E-state index in [1.165, 1.54) is 0 Å². The van der Waals surface area contributed by atoms with Crippen LogP contribution in [0.1, 0.15) is 6.42 Å². The third kappa shape index (κ3) is 3.70. The number of hydrogen-bond acceptors (Lipinski definition) is 6. The van der Waals surface area contributed by atoms with Crippen molar-refractivity contribution in [2.75, 3.05) is 6.61 Å². The summed E-state index contributed by atoms with van der Waals surface area (Å²) in [6.45, 7) is -0.229. The van der Waals surface area contributed by atoms with Gasteiger partial charge in [-0.25, -0.2) is 0 Å². The van der Waals surface area contributed by atoms with Crippen molar-refractivity contribution in [3.8, 4) is 5.75 Å². The van der Waals surface area contributed by atoms with Crippen LogP contribution in [0.15, 0.2) is 18.2 Å². The molecule has 0 aliphatic carbocycles. The fraction of sp³-hybridized carbons (Fsp3) is 0.222. The molecular weight excluding hydrogens is 248 g/mol. The molecule has 0 heterocycles. The number of carboxylic acids is 1. The lowest BCUT2D eigenvalue weighted by atomic mass is 10.2. The van der Waals surface area contributed by atoms with E-state index in [9.17, 15) is 25.0 Å². The topological polar surface area (TPSA) is 133 Å². The minimum atomic E-state index is -1.10. The Hall–Kier alpha value is -2.71. The van der Waals surface area contributed by atoms with Crippen LogP contribution >= 0.6 is 0 Å². The van der Waals surface area contributed by atoms with Gasteiger partial charge in [0.05, 0.1) is 41.1 Å². The summed E-state index contributed by atoms with van der Waals surface area (Å²) >= 11 is 0. The van der Waals surface area contributed by atoms with Gasteiger partial charge >= 0.3 is 5.97 Å². The van der Waals surface area contributed by atoms with Crippen LogP contribution in [0.2, 0.25) is 0 Å². The zero-order valence-electron chi connectivity index (χ0n) is 8.94. The van der Waals surface area contributed by atoms with Gasteiger partial charge in [-0.15, -0.1) is 0 Å². The van der Waals surface area contributed by atoms with Crippen molar-refractivity contribution in [3.05, 3.63) is 38.4 Å². The Labute approximate surface area is 99.9 Å². The zero-order chi connectivity index (χ0) is 13.7. The number of rotatable bonds is 6. The van der Waals surface area contributed by atoms with E-state index in [0.717, 1.165) is 18.2 Å². The van der Waals surface area contributed by atoms with Crippen LogP contribution in [-0.4, -0.2) is 27.5 Å². The second-order valence-corrected chi connectivity index (χ2v) is 3.19. The molecule has 0 aliphatic rings. The molecule has 0 fully saturated rings. The van der Waals surface area contributed by atoms with Gasteiger partial charge in [-0.1, -0.05) is 0 Å². The molecule has 1 N–H and O–H groups in total. The second kappa shape index (κ2) is 5.57. The number of hydrogen-bond donors (Lipinski definition) is 1. The van der Waals surface area contributed by atoms with Crippen LogP contribution in [-0.2, 0) is 4.79 Å². The molecule has 1 aromatic carbocycles. The Balaban J connectivity index is 2.93. The summed E-state index contributed by atoms with van der Waals surface area (Å²) < 4.78 is 4.91. The highest BCUT2D eigenvalue weighted by molar-refractivity contribution is 5.66. The Morgan fingerprint density at radius 3 is 2.06 bits per heavy atom. The number of aliphatic carboxylic acids is 1. The van der Waals surface area contributed by atoms with Crippen LogP contribution in [0, 0.1) is 20.2 Å². The van der Waals surface area contributed by atoms with Gasteiger partial charge in [-0.3, -0.25) is 25.0 Å². The highest BCUT2D eigenvalue weighted by Gasteiger charge is 2.17. The summed E-state index contributed by atoms with van der Waals surface area (Å²) in [4.78, 5) is 29.7. The van der Waals surface area contributed by atoms with Crippen LogP contribution in [0.4, 0.5) is 11.4 Å². The average molecular weight is 256 g/mol. The zero-order valence-corrected chi connectivity index (χ0v) is 8.94. The largest absolute Gasteiger partial charge is 0.492 e. The number of ether oxygens (including phenoxy) is 1. The SMILES string of the molecule is O=C(O)CCOc1cc([N+](=O)[O-])cc([N+](=O)[O-])c1. The molecule has 0 amide bonds. The fourth-order valence-corrected chi connectivity index (χ4v) is 1.12. The maximum atomic E-state index is 10.5. The van der Waals surface area contributed by atoms with E-state index in [1.54, 1.807) is 0 Å². The second-order valence-electron chi connectivity index (χ2n) is 3.19. The highest BCUT2D eigenvalue weighted by Crippen LogP contribution is 2.27. The third-order valence-electron chi connectivity index (χ3n) is 1.88. The molecule has 0 bridgehead atoms. The van der Waals surface area contributed by atoms with Crippen LogP contribution in [0.3, 0.4) is 0 Å². The van der Waals surface area contributed by atoms with E-state index in [4.69, 9.17) is 9.84 Å². The lowest BCUT2D eigenvalue weighted by molar-refractivity contribution is -0.394. The first kappa shape index (κ1) is 13.4. The molecule has 0 atom stereocenters. The maximum absolute atomic E-state index is 10.5. The van der Waals surface area contributed by atoms with E-state index in [-0.39, 0.29) is 18.8 Å². The van der Waals surface area contributed by atoms with E-state index in [0.29, 0.717) is 0 Å². The molecule has 0 saturated carbocycles. The molecule has 9 heteroatoms. The third-order valence-corrected chi connectivity index (χ3v) is 1.88. The number of carbonyl (C=O) groups is 1. The quantitative estimate of drug-likeness (QED) is 0.599. The predicted octanol–water partition coefficient (Wildman–Crippen LogP) is 1.36. The van der Waals surface area contributed by atoms with Gasteiger partial charge in [0.2, 0.25) is 0 Å². The average Bonchev–Trinajstić information content (AvgIpc) is 2.28. The first-order valence-electron chi connectivity index (χ1n) is 4.68. The summed E-state index contributed by atoms with van der Waals surface area (Å²) in [5.74, 6) is -1.22. The maximum Gasteiger partial charge on any atom is 0.306 e. The van der Waals surface area contributed by atoms with Crippen molar-refractivity contribution < 1.29 is 24.5 Å². The molecule has 1 aromatic rings. The van der Waals surface area contributed by atoms with Crippen molar-refractivity contribution >= 4 is 17.3 Å². The summed E-state index contributed by atoms with van der Waals surface area (Å²) in [6, 6.07) is 2.79. The summed E-state index contributed by atoms with van der Waals surface area (Å²) in [6.07, 6.45) is -0.309. The first-order valence-corrected chi connectivity index (χ1v) is 4.68.